The molecule has 0 N–H and O–H groups in total. The van der Waals surface area contributed by atoms with Crippen molar-refractivity contribution in [1.82, 2.24) is 4.98 Å². The Balaban J connectivity index is 2.40. The number of amides is 1. The number of para-hydroxylation sites is 1. The number of carbonyl (C=O) groups is 1. The topological polar surface area (TPSA) is 57.0 Å². The zero-order valence-electron chi connectivity index (χ0n) is 10.2. The highest BCUT2D eigenvalue weighted by molar-refractivity contribution is 6.34. The van der Waals surface area contributed by atoms with Crippen molar-refractivity contribution in [2.24, 2.45) is 0 Å². The summed E-state index contributed by atoms with van der Waals surface area (Å²) in [5.74, 6) is -0.305. The first kappa shape index (κ1) is 13.1. The maximum absolute atomic E-state index is 12.3. The Kier molecular flexibility index (Phi) is 3.79. The maximum atomic E-state index is 12.3. The summed E-state index contributed by atoms with van der Waals surface area (Å²) in [6, 6.07) is 10.5. The molecule has 1 amide bonds. The molecule has 0 radical (unpaired) electrons. The van der Waals surface area contributed by atoms with Crippen molar-refractivity contribution in [1.29, 1.82) is 5.26 Å². The first-order valence-electron chi connectivity index (χ1n) is 5.52. The van der Waals surface area contributed by atoms with Crippen LogP contribution in [0.1, 0.15) is 15.9 Å². The van der Waals surface area contributed by atoms with Crippen LogP contribution in [0.4, 0.5) is 5.69 Å². The molecular formula is C14H10ClN3O. The van der Waals surface area contributed by atoms with Gasteiger partial charge in [-0.1, -0.05) is 23.7 Å². The van der Waals surface area contributed by atoms with Gasteiger partial charge in [-0.2, -0.15) is 5.26 Å². The minimum Gasteiger partial charge on any atom is -0.310 e. The van der Waals surface area contributed by atoms with Crippen molar-refractivity contribution in [3.8, 4) is 6.07 Å². The molecule has 94 valence electrons. The lowest BCUT2D eigenvalue weighted by molar-refractivity contribution is 0.0993. The van der Waals surface area contributed by atoms with Crippen LogP contribution in [0.15, 0.2) is 42.7 Å². The molecule has 0 bridgehead atoms. The van der Waals surface area contributed by atoms with E-state index in [4.69, 9.17) is 16.9 Å². The molecule has 0 atom stereocenters. The van der Waals surface area contributed by atoms with Crippen LogP contribution >= 0.6 is 11.6 Å². The molecule has 0 saturated heterocycles. The highest BCUT2D eigenvalue weighted by Gasteiger charge is 2.18. The van der Waals surface area contributed by atoms with Crippen LogP contribution in [-0.2, 0) is 0 Å². The molecular weight excluding hydrogens is 262 g/mol. The predicted octanol–water partition coefficient (Wildman–Crippen LogP) is 2.88. The molecule has 0 spiro atoms. The molecule has 0 aliphatic rings. The van der Waals surface area contributed by atoms with Crippen LogP contribution in [0.5, 0.6) is 0 Å². The molecule has 1 aromatic carbocycles. The third-order valence-corrected chi connectivity index (χ3v) is 3.02. The van der Waals surface area contributed by atoms with Gasteiger partial charge in [-0.15, -0.1) is 0 Å². The Morgan fingerprint density at radius 2 is 2.11 bits per heavy atom. The molecule has 0 saturated carbocycles. The minimum atomic E-state index is -0.305. The van der Waals surface area contributed by atoms with Gasteiger partial charge in [-0.3, -0.25) is 9.78 Å². The normalized spacial score (nSPS) is 9.74. The maximum Gasteiger partial charge on any atom is 0.261 e. The summed E-state index contributed by atoms with van der Waals surface area (Å²) in [5.41, 5.74) is 1.27. The molecule has 0 unspecified atom stereocenters. The number of rotatable bonds is 2. The first-order chi connectivity index (χ1) is 9.15. The molecule has 0 aliphatic carbocycles. The van der Waals surface area contributed by atoms with E-state index >= 15 is 0 Å². The number of carbonyl (C=O) groups excluding carboxylic acids is 1. The van der Waals surface area contributed by atoms with Gasteiger partial charge in [0.05, 0.1) is 21.8 Å². The Labute approximate surface area is 115 Å². The van der Waals surface area contributed by atoms with Crippen molar-refractivity contribution >= 4 is 23.2 Å². The average Bonchev–Trinajstić information content (AvgIpc) is 2.46. The molecule has 1 aromatic heterocycles. The standard InChI is InChI=1S/C14H10ClN3O/c1-18(13-5-3-2-4-10(13)8-16)14(19)11-9-17-7-6-12(11)15/h2-7,9H,1H3. The number of aromatic nitrogens is 1. The zero-order chi connectivity index (χ0) is 13.8. The highest BCUT2D eigenvalue weighted by atomic mass is 35.5. The minimum absolute atomic E-state index is 0.305. The molecule has 0 aliphatic heterocycles. The molecule has 0 fully saturated rings. The summed E-state index contributed by atoms with van der Waals surface area (Å²) < 4.78 is 0. The number of hydrogen-bond donors (Lipinski definition) is 0. The molecule has 5 heteroatoms. The fourth-order valence-electron chi connectivity index (χ4n) is 1.69. The Morgan fingerprint density at radius 1 is 1.37 bits per heavy atom. The molecule has 1 heterocycles. The van der Waals surface area contributed by atoms with Crippen LogP contribution < -0.4 is 4.90 Å². The van der Waals surface area contributed by atoms with Crippen LogP contribution in [0, 0.1) is 11.3 Å². The van der Waals surface area contributed by atoms with E-state index < -0.39 is 0 Å². The van der Waals surface area contributed by atoms with E-state index in [1.54, 1.807) is 37.4 Å². The van der Waals surface area contributed by atoms with Gasteiger partial charge in [0.25, 0.3) is 5.91 Å². The van der Waals surface area contributed by atoms with E-state index in [1.165, 1.54) is 17.3 Å². The first-order valence-corrected chi connectivity index (χ1v) is 5.89. The van der Waals surface area contributed by atoms with Gasteiger partial charge in [0, 0.05) is 19.4 Å². The summed E-state index contributed by atoms with van der Waals surface area (Å²) in [5, 5.41) is 9.38. The van der Waals surface area contributed by atoms with E-state index in [9.17, 15) is 4.79 Å². The Morgan fingerprint density at radius 3 is 2.79 bits per heavy atom. The zero-order valence-corrected chi connectivity index (χ0v) is 10.9. The number of pyridine rings is 1. The number of hydrogen-bond acceptors (Lipinski definition) is 3. The molecule has 2 aromatic rings. The van der Waals surface area contributed by atoms with E-state index in [-0.39, 0.29) is 5.91 Å². The summed E-state index contributed by atoms with van der Waals surface area (Å²) in [6.45, 7) is 0. The molecule has 2 rings (SSSR count). The molecule has 4 nitrogen and oxygen atoms in total. The lowest BCUT2D eigenvalue weighted by Crippen LogP contribution is -2.27. The molecule has 19 heavy (non-hydrogen) atoms. The predicted molar refractivity (Wildman–Crippen MR) is 73.1 cm³/mol. The highest BCUT2D eigenvalue weighted by Crippen LogP contribution is 2.22. The van der Waals surface area contributed by atoms with Crippen LogP contribution in [0.2, 0.25) is 5.02 Å². The SMILES string of the molecule is CN(C(=O)c1cnccc1Cl)c1ccccc1C#N. The fraction of sp³-hybridized carbons (Fsp3) is 0.0714. The quantitative estimate of drug-likeness (QED) is 0.844. The second-order valence-corrected chi connectivity index (χ2v) is 4.26. The van der Waals surface area contributed by atoms with Gasteiger partial charge in [0.2, 0.25) is 0 Å². The summed E-state index contributed by atoms with van der Waals surface area (Å²) >= 11 is 5.97. The van der Waals surface area contributed by atoms with Crippen molar-refractivity contribution in [3.05, 3.63) is 58.9 Å². The van der Waals surface area contributed by atoms with Gasteiger partial charge < -0.3 is 4.90 Å². The van der Waals surface area contributed by atoms with Crippen LogP contribution in [-0.4, -0.2) is 17.9 Å². The largest absolute Gasteiger partial charge is 0.310 e. The van der Waals surface area contributed by atoms with Crippen LogP contribution in [0.3, 0.4) is 0 Å². The third kappa shape index (κ3) is 2.56. The van der Waals surface area contributed by atoms with Gasteiger partial charge in [0.15, 0.2) is 0 Å². The Hall–Kier alpha value is -2.38. The lowest BCUT2D eigenvalue weighted by Gasteiger charge is -2.18. The third-order valence-electron chi connectivity index (χ3n) is 2.69. The van der Waals surface area contributed by atoms with E-state index in [2.05, 4.69) is 11.1 Å². The van der Waals surface area contributed by atoms with Gasteiger partial charge in [-0.25, -0.2) is 0 Å². The number of nitrogens with zero attached hydrogens (tertiary/aromatic N) is 3. The monoisotopic (exact) mass is 271 g/mol. The van der Waals surface area contributed by atoms with Crippen molar-refractivity contribution < 1.29 is 4.79 Å². The van der Waals surface area contributed by atoms with Crippen LogP contribution in [0.25, 0.3) is 0 Å². The van der Waals surface area contributed by atoms with Gasteiger partial charge in [-0.05, 0) is 18.2 Å². The fourth-order valence-corrected chi connectivity index (χ4v) is 1.87. The van der Waals surface area contributed by atoms with Gasteiger partial charge >= 0.3 is 0 Å². The second-order valence-electron chi connectivity index (χ2n) is 3.85. The van der Waals surface area contributed by atoms with Gasteiger partial charge in [0.1, 0.15) is 6.07 Å². The average molecular weight is 272 g/mol. The number of anilines is 1. The van der Waals surface area contributed by atoms with E-state index in [0.29, 0.717) is 21.8 Å². The summed E-state index contributed by atoms with van der Waals surface area (Å²) in [7, 11) is 1.60. The van der Waals surface area contributed by atoms with E-state index in [0.717, 1.165) is 0 Å². The van der Waals surface area contributed by atoms with Crippen molar-refractivity contribution in [2.45, 2.75) is 0 Å². The number of halogens is 1. The van der Waals surface area contributed by atoms with Crippen molar-refractivity contribution in [2.75, 3.05) is 11.9 Å². The van der Waals surface area contributed by atoms with Crippen molar-refractivity contribution in [3.63, 3.8) is 0 Å². The smallest absolute Gasteiger partial charge is 0.261 e. The number of benzene rings is 1. The second kappa shape index (κ2) is 5.51. The summed E-state index contributed by atoms with van der Waals surface area (Å²) in [4.78, 5) is 17.6. The Bertz CT molecular complexity index is 664. The lowest BCUT2D eigenvalue weighted by atomic mass is 10.1. The van der Waals surface area contributed by atoms with E-state index in [1.807, 2.05) is 0 Å². The summed E-state index contributed by atoms with van der Waals surface area (Å²) in [6.07, 6.45) is 2.93. The number of nitriles is 1.